The van der Waals surface area contributed by atoms with Gasteiger partial charge in [-0.3, -0.25) is 0 Å². The van der Waals surface area contributed by atoms with Crippen LogP contribution >= 0.6 is 0 Å². The van der Waals surface area contributed by atoms with Gasteiger partial charge in [-0.05, 0) is 72.4 Å². The number of alkyl halides is 3. The summed E-state index contributed by atoms with van der Waals surface area (Å²) in [6.45, 7) is 5.22. The van der Waals surface area contributed by atoms with E-state index in [0.717, 1.165) is 48.3 Å². The number of halogens is 3. The molecule has 3 aromatic carbocycles. The van der Waals surface area contributed by atoms with E-state index in [1.54, 1.807) is 12.1 Å². The Morgan fingerprint density at radius 1 is 0.622 bits per heavy atom. The van der Waals surface area contributed by atoms with Crippen LogP contribution in [0.15, 0.2) is 72.8 Å². The van der Waals surface area contributed by atoms with E-state index < -0.39 is 18.2 Å². The van der Waals surface area contributed by atoms with E-state index in [1.165, 1.54) is 57.1 Å². The van der Waals surface area contributed by atoms with Crippen molar-refractivity contribution in [3.05, 3.63) is 83.9 Å². The number of ether oxygens (including phenoxy) is 3. The van der Waals surface area contributed by atoms with E-state index in [-0.39, 0.29) is 18.6 Å². The molecule has 3 rings (SSSR count). The predicted octanol–water partition coefficient (Wildman–Crippen LogP) is 11.5. The van der Waals surface area contributed by atoms with Crippen LogP contribution in [-0.4, -0.2) is 24.9 Å². The van der Waals surface area contributed by atoms with Crippen molar-refractivity contribution < 1.29 is 32.2 Å². The highest BCUT2D eigenvalue weighted by molar-refractivity contribution is 5.89. The van der Waals surface area contributed by atoms with Gasteiger partial charge in [-0.25, -0.2) is 4.79 Å². The number of rotatable bonds is 21. The van der Waals surface area contributed by atoms with Gasteiger partial charge in [-0.1, -0.05) is 114 Å². The molecule has 0 aliphatic carbocycles. The maximum absolute atomic E-state index is 13.4. The standard InChI is InChI=1S/C38H49F3O4/c1-3-5-7-9-10-11-12-14-28-43-34-24-20-31(21-25-34)32-22-26-35(27-23-32)44-29-30-16-18-33(19-17-30)37(42)45-36(38(39,40)41)15-13-8-6-4-2/h16-27,36H,3-15,28-29H2,1-2H3. The largest absolute Gasteiger partial charge is 0.494 e. The first-order valence-electron chi connectivity index (χ1n) is 16.6. The Morgan fingerprint density at radius 3 is 1.64 bits per heavy atom. The molecule has 0 saturated carbocycles. The molecule has 0 aliphatic rings. The van der Waals surface area contributed by atoms with Gasteiger partial charge in [-0.2, -0.15) is 13.2 Å². The monoisotopic (exact) mass is 626 g/mol. The van der Waals surface area contributed by atoms with Crippen LogP contribution < -0.4 is 9.47 Å². The SMILES string of the molecule is CCCCCCCCCCOc1ccc(-c2ccc(OCc3ccc(C(=O)OC(CCCCCC)C(F)(F)F)cc3)cc2)cc1. The number of esters is 1. The number of carbonyl (C=O) groups is 1. The molecule has 0 aliphatic heterocycles. The summed E-state index contributed by atoms with van der Waals surface area (Å²) in [4.78, 5) is 12.4. The van der Waals surface area contributed by atoms with Crippen molar-refractivity contribution in [2.24, 2.45) is 0 Å². The molecule has 0 spiro atoms. The van der Waals surface area contributed by atoms with Crippen molar-refractivity contribution in [1.82, 2.24) is 0 Å². The van der Waals surface area contributed by atoms with E-state index in [1.807, 2.05) is 43.3 Å². The van der Waals surface area contributed by atoms with Gasteiger partial charge in [0.2, 0.25) is 0 Å². The highest BCUT2D eigenvalue weighted by atomic mass is 19.4. The number of benzene rings is 3. The van der Waals surface area contributed by atoms with Crippen molar-refractivity contribution in [3.63, 3.8) is 0 Å². The lowest BCUT2D eigenvalue weighted by Gasteiger charge is -2.20. The van der Waals surface area contributed by atoms with Crippen molar-refractivity contribution in [2.75, 3.05) is 6.61 Å². The summed E-state index contributed by atoms with van der Waals surface area (Å²) in [5.74, 6) is 0.589. The van der Waals surface area contributed by atoms with Crippen LogP contribution in [0.4, 0.5) is 13.2 Å². The van der Waals surface area contributed by atoms with Gasteiger partial charge in [0.05, 0.1) is 12.2 Å². The van der Waals surface area contributed by atoms with Crippen LogP contribution in [0, 0.1) is 0 Å². The molecule has 246 valence electrons. The average molecular weight is 627 g/mol. The van der Waals surface area contributed by atoms with Crippen molar-refractivity contribution in [2.45, 2.75) is 116 Å². The van der Waals surface area contributed by atoms with Crippen molar-refractivity contribution in [3.8, 4) is 22.6 Å². The Hall–Kier alpha value is -3.48. The third-order valence-electron chi connectivity index (χ3n) is 7.84. The molecular weight excluding hydrogens is 577 g/mol. The van der Waals surface area contributed by atoms with E-state index in [4.69, 9.17) is 14.2 Å². The summed E-state index contributed by atoms with van der Waals surface area (Å²) in [6, 6.07) is 22.1. The van der Waals surface area contributed by atoms with Gasteiger partial charge >= 0.3 is 12.1 Å². The third-order valence-corrected chi connectivity index (χ3v) is 7.84. The Morgan fingerprint density at radius 2 is 1.11 bits per heavy atom. The molecule has 0 radical (unpaired) electrons. The molecule has 7 heteroatoms. The molecule has 0 fully saturated rings. The van der Waals surface area contributed by atoms with Crippen LogP contribution in [-0.2, 0) is 11.3 Å². The van der Waals surface area contributed by atoms with Crippen molar-refractivity contribution >= 4 is 5.97 Å². The Kier molecular flexibility index (Phi) is 15.8. The summed E-state index contributed by atoms with van der Waals surface area (Å²) in [5.41, 5.74) is 3.00. The summed E-state index contributed by atoms with van der Waals surface area (Å²) in [7, 11) is 0. The fourth-order valence-electron chi connectivity index (χ4n) is 5.06. The van der Waals surface area contributed by atoms with Gasteiger partial charge in [-0.15, -0.1) is 0 Å². The van der Waals surface area contributed by atoms with Gasteiger partial charge in [0.15, 0.2) is 6.10 Å². The first-order chi connectivity index (χ1) is 21.8. The van der Waals surface area contributed by atoms with E-state index in [2.05, 4.69) is 19.1 Å². The summed E-state index contributed by atoms with van der Waals surface area (Å²) in [5, 5.41) is 0. The predicted molar refractivity (Wildman–Crippen MR) is 175 cm³/mol. The molecule has 0 bridgehead atoms. The minimum Gasteiger partial charge on any atom is -0.494 e. The van der Waals surface area contributed by atoms with Crippen LogP contribution in [0.5, 0.6) is 11.5 Å². The smallest absolute Gasteiger partial charge is 0.425 e. The second kappa shape index (κ2) is 19.8. The summed E-state index contributed by atoms with van der Waals surface area (Å²) >= 11 is 0. The quantitative estimate of drug-likeness (QED) is 0.0872. The number of unbranched alkanes of at least 4 members (excludes halogenated alkanes) is 10. The average Bonchev–Trinajstić information content (AvgIpc) is 3.04. The zero-order chi connectivity index (χ0) is 32.3. The molecule has 3 aromatic rings. The Labute approximate surface area is 267 Å². The Balaban J connectivity index is 1.40. The molecule has 4 nitrogen and oxygen atoms in total. The molecule has 45 heavy (non-hydrogen) atoms. The van der Waals surface area contributed by atoms with E-state index in [9.17, 15) is 18.0 Å². The van der Waals surface area contributed by atoms with Gasteiger partial charge in [0, 0.05) is 0 Å². The highest BCUT2D eigenvalue weighted by Crippen LogP contribution is 2.29. The Bertz CT molecular complexity index is 1220. The lowest BCUT2D eigenvalue weighted by molar-refractivity contribution is -0.206. The molecule has 0 N–H and O–H groups in total. The van der Waals surface area contributed by atoms with E-state index >= 15 is 0 Å². The maximum atomic E-state index is 13.4. The number of hydrogen-bond acceptors (Lipinski definition) is 4. The molecule has 0 aromatic heterocycles. The lowest BCUT2D eigenvalue weighted by atomic mass is 10.1. The van der Waals surface area contributed by atoms with Crippen LogP contribution in [0.2, 0.25) is 0 Å². The van der Waals surface area contributed by atoms with Crippen molar-refractivity contribution in [1.29, 1.82) is 0 Å². The second-order valence-electron chi connectivity index (χ2n) is 11.6. The summed E-state index contributed by atoms with van der Waals surface area (Å²) < 4.78 is 56.8. The fraction of sp³-hybridized carbons (Fsp3) is 0.500. The molecule has 1 atom stereocenters. The van der Waals surface area contributed by atoms with Gasteiger partial charge < -0.3 is 14.2 Å². The number of carbonyl (C=O) groups excluding carboxylic acids is 1. The van der Waals surface area contributed by atoms with Gasteiger partial charge in [0.1, 0.15) is 18.1 Å². The molecule has 0 heterocycles. The molecular formula is C38H49F3O4. The number of hydrogen-bond donors (Lipinski definition) is 0. The van der Waals surface area contributed by atoms with E-state index in [0.29, 0.717) is 18.6 Å². The molecule has 0 amide bonds. The second-order valence-corrected chi connectivity index (χ2v) is 11.6. The maximum Gasteiger partial charge on any atom is 0.425 e. The summed E-state index contributed by atoms with van der Waals surface area (Å²) in [6.07, 6.45) is 6.13. The van der Waals surface area contributed by atoms with Crippen LogP contribution in [0.25, 0.3) is 11.1 Å². The molecule has 0 saturated heterocycles. The lowest BCUT2D eigenvalue weighted by Crippen LogP contribution is -2.33. The topological polar surface area (TPSA) is 44.8 Å². The minimum atomic E-state index is -4.59. The molecule has 1 unspecified atom stereocenters. The van der Waals surface area contributed by atoms with Crippen LogP contribution in [0.3, 0.4) is 0 Å². The minimum absolute atomic E-state index is 0.0792. The highest BCUT2D eigenvalue weighted by Gasteiger charge is 2.42. The first-order valence-corrected chi connectivity index (χ1v) is 16.6. The zero-order valence-electron chi connectivity index (χ0n) is 26.9. The fourth-order valence-corrected chi connectivity index (χ4v) is 5.06. The van der Waals surface area contributed by atoms with Gasteiger partial charge in [0.25, 0.3) is 0 Å². The normalized spacial score (nSPS) is 12.1. The first kappa shape index (κ1) is 36.0. The third kappa shape index (κ3) is 13.6. The zero-order valence-corrected chi connectivity index (χ0v) is 26.9. The van der Waals surface area contributed by atoms with Crippen LogP contribution in [0.1, 0.15) is 113 Å².